The molecular formula is C23H30N4O3. The molecule has 30 heavy (non-hydrogen) atoms. The molecule has 7 nitrogen and oxygen atoms in total. The van der Waals surface area contributed by atoms with E-state index in [9.17, 15) is 4.79 Å². The zero-order chi connectivity index (χ0) is 20.9. The summed E-state index contributed by atoms with van der Waals surface area (Å²) in [6.07, 6.45) is 4.74. The summed E-state index contributed by atoms with van der Waals surface area (Å²) in [7, 11) is 1.88. The van der Waals surface area contributed by atoms with E-state index in [1.54, 1.807) is 12.1 Å². The third-order valence-electron chi connectivity index (χ3n) is 5.61. The molecule has 0 bridgehead atoms. The summed E-state index contributed by atoms with van der Waals surface area (Å²) in [4.78, 5) is 20.6. The molecular weight excluding hydrogens is 380 g/mol. The van der Waals surface area contributed by atoms with Crippen LogP contribution in [-0.2, 0) is 4.84 Å². The molecule has 1 saturated heterocycles. The van der Waals surface area contributed by atoms with Gasteiger partial charge in [-0.3, -0.25) is 5.01 Å². The molecule has 7 heteroatoms. The number of unbranched alkanes of at least 4 members (excludes halogenated alkanes) is 1. The van der Waals surface area contributed by atoms with Gasteiger partial charge in [0.1, 0.15) is 23.2 Å². The number of ether oxygens (including phenoxy) is 1. The molecule has 2 aromatic carbocycles. The highest BCUT2D eigenvalue weighted by Crippen LogP contribution is 2.41. The highest BCUT2D eigenvalue weighted by molar-refractivity contribution is 5.91. The topological polar surface area (TPSA) is 57.3 Å². The van der Waals surface area contributed by atoms with Crippen LogP contribution >= 0.6 is 0 Å². The van der Waals surface area contributed by atoms with Gasteiger partial charge < -0.3 is 14.5 Å². The van der Waals surface area contributed by atoms with Gasteiger partial charge in [-0.2, -0.15) is 0 Å². The van der Waals surface area contributed by atoms with E-state index < -0.39 is 5.97 Å². The zero-order valence-electron chi connectivity index (χ0n) is 17.7. The Labute approximate surface area is 178 Å². The van der Waals surface area contributed by atoms with E-state index in [2.05, 4.69) is 17.4 Å². The second-order valence-electron chi connectivity index (χ2n) is 7.83. The van der Waals surface area contributed by atoms with Crippen LogP contribution in [0.4, 0.5) is 11.4 Å². The Hall–Kier alpha value is -2.77. The van der Waals surface area contributed by atoms with E-state index in [0.29, 0.717) is 5.56 Å². The SMILES string of the molecule is CCCCN1CCC(Oc2cccc3c2N(C)NN3OC(=O)c2ccccc2)CC1. The van der Waals surface area contributed by atoms with Crippen LogP contribution in [0, 0.1) is 0 Å². The number of fused-ring (bicyclic) bond motifs is 1. The third-order valence-corrected chi connectivity index (χ3v) is 5.61. The fourth-order valence-electron chi connectivity index (χ4n) is 3.94. The number of carbonyl (C=O) groups is 1. The number of benzene rings is 2. The van der Waals surface area contributed by atoms with Crippen molar-refractivity contribution in [2.45, 2.75) is 38.7 Å². The minimum absolute atomic E-state index is 0.198. The fourth-order valence-corrected chi connectivity index (χ4v) is 3.94. The number of hydrogen-bond donors (Lipinski definition) is 1. The van der Waals surface area contributed by atoms with E-state index in [1.165, 1.54) is 24.6 Å². The molecule has 0 atom stereocenters. The van der Waals surface area contributed by atoms with Gasteiger partial charge in [0.25, 0.3) is 0 Å². The van der Waals surface area contributed by atoms with Crippen molar-refractivity contribution in [3.63, 3.8) is 0 Å². The normalized spacial score (nSPS) is 17.1. The van der Waals surface area contributed by atoms with Gasteiger partial charge in [0.15, 0.2) is 0 Å². The fraction of sp³-hybridized carbons (Fsp3) is 0.435. The van der Waals surface area contributed by atoms with Crippen molar-refractivity contribution >= 4 is 17.3 Å². The van der Waals surface area contributed by atoms with Crippen molar-refractivity contribution in [3.8, 4) is 5.75 Å². The van der Waals surface area contributed by atoms with Crippen LogP contribution in [0.25, 0.3) is 0 Å². The van der Waals surface area contributed by atoms with Gasteiger partial charge in [-0.25, -0.2) is 4.79 Å². The summed E-state index contributed by atoms with van der Waals surface area (Å²) in [6.45, 7) is 5.57. The summed E-state index contributed by atoms with van der Waals surface area (Å²) in [5.74, 6) is 0.378. The molecule has 0 unspecified atom stereocenters. The average molecular weight is 411 g/mol. The Balaban J connectivity index is 1.42. The monoisotopic (exact) mass is 410 g/mol. The molecule has 1 fully saturated rings. The van der Waals surface area contributed by atoms with E-state index >= 15 is 0 Å². The third kappa shape index (κ3) is 4.52. The van der Waals surface area contributed by atoms with Crippen molar-refractivity contribution in [2.24, 2.45) is 0 Å². The number of hydrogen-bond acceptors (Lipinski definition) is 7. The number of carbonyl (C=O) groups excluding carboxylic acids is 1. The van der Waals surface area contributed by atoms with Crippen LogP contribution in [0.2, 0.25) is 0 Å². The molecule has 0 aliphatic carbocycles. The first-order chi connectivity index (χ1) is 14.7. The van der Waals surface area contributed by atoms with Gasteiger partial charge >= 0.3 is 5.97 Å². The van der Waals surface area contributed by atoms with E-state index in [4.69, 9.17) is 9.57 Å². The molecule has 2 heterocycles. The van der Waals surface area contributed by atoms with E-state index in [-0.39, 0.29) is 6.10 Å². The Bertz CT molecular complexity index is 853. The lowest BCUT2D eigenvalue weighted by atomic mass is 10.1. The van der Waals surface area contributed by atoms with Crippen molar-refractivity contribution in [1.29, 1.82) is 0 Å². The maximum Gasteiger partial charge on any atom is 0.365 e. The molecule has 2 aliphatic heterocycles. The van der Waals surface area contributed by atoms with E-state index in [1.807, 2.05) is 48.5 Å². The summed E-state index contributed by atoms with van der Waals surface area (Å²) < 4.78 is 6.38. The Morgan fingerprint density at radius 1 is 1.10 bits per heavy atom. The maximum absolute atomic E-state index is 12.5. The van der Waals surface area contributed by atoms with Gasteiger partial charge in [-0.15, -0.1) is 10.7 Å². The quantitative estimate of drug-likeness (QED) is 0.745. The molecule has 0 spiro atoms. The lowest BCUT2D eigenvalue weighted by Crippen LogP contribution is -2.43. The molecule has 160 valence electrons. The molecule has 0 radical (unpaired) electrons. The van der Waals surface area contributed by atoms with Gasteiger partial charge in [0.2, 0.25) is 0 Å². The number of nitrogens with zero attached hydrogens (tertiary/aromatic N) is 3. The van der Waals surface area contributed by atoms with Crippen molar-refractivity contribution < 1.29 is 14.4 Å². The molecule has 0 aromatic heterocycles. The predicted octanol–water partition coefficient (Wildman–Crippen LogP) is 3.78. The number of para-hydroxylation sites is 1. The van der Waals surface area contributed by atoms with Crippen LogP contribution in [0.5, 0.6) is 5.75 Å². The average Bonchev–Trinajstić information content (AvgIpc) is 3.10. The number of piperidine rings is 1. The summed E-state index contributed by atoms with van der Waals surface area (Å²) in [5, 5.41) is 3.21. The van der Waals surface area contributed by atoms with E-state index in [0.717, 1.165) is 43.1 Å². The number of hydrazine groups is 2. The number of nitrogens with one attached hydrogen (secondary N) is 1. The Kier molecular flexibility index (Phi) is 6.40. The van der Waals surface area contributed by atoms with Gasteiger partial charge in [0, 0.05) is 20.1 Å². The van der Waals surface area contributed by atoms with Crippen LogP contribution < -0.4 is 20.5 Å². The highest BCUT2D eigenvalue weighted by atomic mass is 16.7. The number of anilines is 2. The Morgan fingerprint density at radius 3 is 2.60 bits per heavy atom. The maximum atomic E-state index is 12.5. The first kappa shape index (κ1) is 20.5. The molecule has 2 aliphatic rings. The van der Waals surface area contributed by atoms with Crippen molar-refractivity contribution in [1.82, 2.24) is 10.4 Å². The van der Waals surface area contributed by atoms with Gasteiger partial charge in [0.05, 0.1) is 5.56 Å². The van der Waals surface area contributed by atoms with Crippen LogP contribution in [0.15, 0.2) is 48.5 Å². The number of rotatable bonds is 7. The Morgan fingerprint density at radius 2 is 1.87 bits per heavy atom. The van der Waals surface area contributed by atoms with Crippen LogP contribution in [0.3, 0.4) is 0 Å². The number of likely N-dealkylation sites (tertiary alicyclic amines) is 1. The lowest BCUT2D eigenvalue weighted by molar-refractivity contribution is 0.0403. The first-order valence-electron chi connectivity index (χ1n) is 10.7. The van der Waals surface area contributed by atoms with Gasteiger partial charge in [-0.05, 0) is 50.1 Å². The standard InChI is InChI=1S/C23H30N4O3/c1-3-4-15-26-16-13-19(14-17-26)29-21-12-8-11-20-22(21)25(2)24-27(20)30-23(28)18-9-6-5-7-10-18/h5-12,19,24H,3-4,13-17H2,1-2H3. The van der Waals surface area contributed by atoms with Gasteiger partial charge in [-0.1, -0.05) is 37.6 Å². The summed E-state index contributed by atoms with van der Waals surface area (Å²) in [6, 6.07) is 14.8. The summed E-state index contributed by atoms with van der Waals surface area (Å²) in [5.41, 5.74) is 5.18. The largest absolute Gasteiger partial charge is 0.488 e. The highest BCUT2D eigenvalue weighted by Gasteiger charge is 2.31. The summed E-state index contributed by atoms with van der Waals surface area (Å²) >= 11 is 0. The van der Waals surface area contributed by atoms with Crippen LogP contribution in [-0.4, -0.2) is 43.7 Å². The molecule has 4 rings (SSSR count). The molecule has 1 N–H and O–H groups in total. The van der Waals surface area contributed by atoms with Crippen molar-refractivity contribution in [3.05, 3.63) is 54.1 Å². The molecule has 0 saturated carbocycles. The van der Waals surface area contributed by atoms with Crippen molar-refractivity contribution in [2.75, 3.05) is 36.9 Å². The smallest absolute Gasteiger partial charge is 0.365 e. The minimum atomic E-state index is -0.421. The molecule has 0 amide bonds. The predicted molar refractivity (Wildman–Crippen MR) is 117 cm³/mol. The molecule has 2 aromatic rings. The second kappa shape index (κ2) is 9.36. The van der Waals surface area contributed by atoms with Crippen LogP contribution in [0.1, 0.15) is 43.0 Å². The zero-order valence-corrected chi connectivity index (χ0v) is 17.7. The second-order valence-corrected chi connectivity index (χ2v) is 7.83. The minimum Gasteiger partial charge on any atom is -0.488 e. The first-order valence-corrected chi connectivity index (χ1v) is 10.7. The lowest BCUT2D eigenvalue weighted by Gasteiger charge is -2.32.